The SMILES string of the molecule is O=C(Nc1cccc2ccccc12)C(=O)c1c(O)[nH]c2ccccc12. The van der Waals surface area contributed by atoms with E-state index in [2.05, 4.69) is 10.3 Å². The van der Waals surface area contributed by atoms with Crippen LogP contribution in [-0.4, -0.2) is 21.8 Å². The van der Waals surface area contributed by atoms with Crippen LogP contribution in [0.1, 0.15) is 10.4 Å². The molecule has 0 aliphatic carbocycles. The van der Waals surface area contributed by atoms with E-state index in [0.29, 0.717) is 16.6 Å². The van der Waals surface area contributed by atoms with Crippen molar-refractivity contribution in [2.45, 2.75) is 0 Å². The molecular weight excluding hydrogens is 316 g/mol. The minimum absolute atomic E-state index is 0.0201. The lowest BCUT2D eigenvalue weighted by Crippen LogP contribution is -2.22. The predicted molar refractivity (Wildman–Crippen MR) is 96.9 cm³/mol. The molecule has 5 nitrogen and oxygen atoms in total. The molecule has 0 spiro atoms. The first-order valence-electron chi connectivity index (χ1n) is 7.78. The average Bonchev–Trinajstić information content (AvgIpc) is 2.97. The Hall–Kier alpha value is -3.60. The van der Waals surface area contributed by atoms with Crippen molar-refractivity contribution in [3.05, 3.63) is 72.3 Å². The van der Waals surface area contributed by atoms with Gasteiger partial charge in [0, 0.05) is 22.0 Å². The molecule has 0 fully saturated rings. The number of amides is 1. The Morgan fingerprint density at radius 1 is 0.840 bits per heavy atom. The lowest BCUT2D eigenvalue weighted by molar-refractivity contribution is -0.112. The van der Waals surface area contributed by atoms with Gasteiger partial charge in [-0.15, -0.1) is 0 Å². The highest BCUT2D eigenvalue weighted by Crippen LogP contribution is 2.28. The van der Waals surface area contributed by atoms with Crippen LogP contribution in [0.3, 0.4) is 0 Å². The number of rotatable bonds is 3. The molecule has 0 saturated heterocycles. The van der Waals surface area contributed by atoms with E-state index < -0.39 is 11.7 Å². The molecule has 4 rings (SSSR count). The molecule has 1 aromatic heterocycles. The third-order valence-corrected chi connectivity index (χ3v) is 4.16. The Kier molecular flexibility index (Phi) is 3.47. The first kappa shape index (κ1) is 15.0. The second-order valence-electron chi connectivity index (χ2n) is 5.70. The molecule has 1 heterocycles. The number of ketones is 1. The highest BCUT2D eigenvalue weighted by Gasteiger charge is 2.24. The van der Waals surface area contributed by atoms with E-state index in [4.69, 9.17) is 0 Å². The van der Waals surface area contributed by atoms with Crippen molar-refractivity contribution in [1.82, 2.24) is 4.98 Å². The zero-order chi connectivity index (χ0) is 17.4. The van der Waals surface area contributed by atoms with E-state index in [1.54, 1.807) is 30.3 Å². The monoisotopic (exact) mass is 330 g/mol. The number of aromatic hydroxyl groups is 1. The molecule has 0 atom stereocenters. The fourth-order valence-electron chi connectivity index (χ4n) is 2.98. The molecule has 3 N–H and O–H groups in total. The number of fused-ring (bicyclic) bond motifs is 2. The number of H-pyrrole nitrogens is 1. The normalized spacial score (nSPS) is 10.9. The molecule has 1 amide bonds. The summed E-state index contributed by atoms with van der Waals surface area (Å²) in [6, 6.07) is 20.0. The van der Waals surface area contributed by atoms with Gasteiger partial charge >= 0.3 is 0 Å². The summed E-state index contributed by atoms with van der Waals surface area (Å²) in [5.74, 6) is -1.89. The number of anilines is 1. The zero-order valence-electron chi connectivity index (χ0n) is 13.1. The standard InChI is InChI=1S/C20H14N2O3/c23-18(17-14-9-3-4-10-16(14)21-19(17)24)20(25)22-15-11-5-7-12-6-1-2-8-13(12)15/h1-11,21,24H,(H,22,25). The van der Waals surface area contributed by atoms with Crippen LogP contribution < -0.4 is 5.32 Å². The molecular formula is C20H14N2O3. The molecule has 5 heteroatoms. The maximum Gasteiger partial charge on any atom is 0.297 e. The molecule has 0 aliphatic rings. The van der Waals surface area contributed by atoms with Gasteiger partial charge in [-0.1, -0.05) is 54.6 Å². The van der Waals surface area contributed by atoms with Crippen LogP contribution in [0.15, 0.2) is 66.7 Å². The third-order valence-electron chi connectivity index (χ3n) is 4.16. The number of aromatic nitrogens is 1. The summed E-state index contributed by atoms with van der Waals surface area (Å²) in [6.45, 7) is 0. The van der Waals surface area contributed by atoms with Gasteiger partial charge in [-0.3, -0.25) is 9.59 Å². The van der Waals surface area contributed by atoms with Crippen LogP contribution in [-0.2, 0) is 4.79 Å². The van der Waals surface area contributed by atoms with E-state index in [0.717, 1.165) is 10.8 Å². The van der Waals surface area contributed by atoms with E-state index >= 15 is 0 Å². The van der Waals surface area contributed by atoms with Gasteiger partial charge in [-0.05, 0) is 17.5 Å². The van der Waals surface area contributed by atoms with Crippen molar-refractivity contribution in [2.75, 3.05) is 5.32 Å². The summed E-state index contributed by atoms with van der Waals surface area (Å²) in [5, 5.41) is 15.0. The number of Topliss-reactive ketones (excluding diaryl/α,β-unsaturated/α-hetero) is 1. The molecule has 122 valence electrons. The van der Waals surface area contributed by atoms with Crippen LogP contribution in [0.4, 0.5) is 5.69 Å². The minimum atomic E-state index is -0.795. The highest BCUT2D eigenvalue weighted by atomic mass is 16.3. The number of hydrogen-bond donors (Lipinski definition) is 3. The van der Waals surface area contributed by atoms with Gasteiger partial charge in [-0.2, -0.15) is 0 Å². The number of aromatic amines is 1. The zero-order valence-corrected chi connectivity index (χ0v) is 13.1. The van der Waals surface area contributed by atoms with Crippen molar-refractivity contribution in [1.29, 1.82) is 0 Å². The predicted octanol–water partition coefficient (Wildman–Crippen LogP) is 3.85. The summed E-state index contributed by atoms with van der Waals surface area (Å²) in [4.78, 5) is 27.8. The van der Waals surface area contributed by atoms with E-state index in [1.807, 2.05) is 36.4 Å². The molecule has 0 saturated carbocycles. The molecule has 0 radical (unpaired) electrons. The van der Waals surface area contributed by atoms with Gasteiger partial charge in [0.1, 0.15) is 0 Å². The van der Waals surface area contributed by atoms with Crippen molar-refractivity contribution >= 4 is 39.1 Å². The number of hydrogen-bond acceptors (Lipinski definition) is 3. The van der Waals surface area contributed by atoms with E-state index in [1.165, 1.54) is 0 Å². The van der Waals surface area contributed by atoms with Crippen LogP contribution in [0.25, 0.3) is 21.7 Å². The number of nitrogens with one attached hydrogen (secondary N) is 2. The van der Waals surface area contributed by atoms with Crippen LogP contribution in [0, 0.1) is 0 Å². The summed E-state index contributed by atoms with van der Waals surface area (Å²) in [6.07, 6.45) is 0. The average molecular weight is 330 g/mol. The Labute approximate surface area is 142 Å². The highest BCUT2D eigenvalue weighted by molar-refractivity contribution is 6.49. The quantitative estimate of drug-likeness (QED) is 0.394. The third kappa shape index (κ3) is 2.52. The Morgan fingerprint density at radius 2 is 1.52 bits per heavy atom. The van der Waals surface area contributed by atoms with Gasteiger partial charge < -0.3 is 15.4 Å². The van der Waals surface area contributed by atoms with Crippen molar-refractivity contribution in [2.24, 2.45) is 0 Å². The van der Waals surface area contributed by atoms with Crippen molar-refractivity contribution in [3.63, 3.8) is 0 Å². The van der Waals surface area contributed by atoms with Crippen LogP contribution in [0.5, 0.6) is 5.88 Å². The van der Waals surface area contributed by atoms with Gasteiger partial charge in [-0.25, -0.2) is 0 Å². The number of carbonyl (C=O) groups is 2. The molecule has 0 aliphatic heterocycles. The first-order valence-corrected chi connectivity index (χ1v) is 7.78. The van der Waals surface area contributed by atoms with Gasteiger partial charge in [0.15, 0.2) is 0 Å². The smallest absolute Gasteiger partial charge is 0.297 e. The van der Waals surface area contributed by atoms with Gasteiger partial charge in [0.05, 0.1) is 5.56 Å². The van der Waals surface area contributed by atoms with Crippen molar-refractivity contribution in [3.8, 4) is 5.88 Å². The van der Waals surface area contributed by atoms with Crippen LogP contribution >= 0.6 is 0 Å². The first-order chi connectivity index (χ1) is 12.1. The fraction of sp³-hybridized carbons (Fsp3) is 0. The maximum atomic E-state index is 12.6. The Bertz CT molecular complexity index is 1120. The number of para-hydroxylation sites is 1. The number of benzene rings is 3. The van der Waals surface area contributed by atoms with E-state index in [-0.39, 0.29) is 11.4 Å². The minimum Gasteiger partial charge on any atom is -0.494 e. The lowest BCUT2D eigenvalue weighted by atomic mass is 10.1. The molecule has 0 unspecified atom stereocenters. The van der Waals surface area contributed by atoms with Crippen molar-refractivity contribution < 1.29 is 14.7 Å². The second-order valence-corrected chi connectivity index (χ2v) is 5.70. The van der Waals surface area contributed by atoms with Crippen LogP contribution in [0.2, 0.25) is 0 Å². The largest absolute Gasteiger partial charge is 0.494 e. The van der Waals surface area contributed by atoms with Gasteiger partial charge in [0.2, 0.25) is 5.88 Å². The van der Waals surface area contributed by atoms with E-state index in [9.17, 15) is 14.7 Å². The summed E-state index contributed by atoms with van der Waals surface area (Å²) < 4.78 is 0. The summed E-state index contributed by atoms with van der Waals surface area (Å²) >= 11 is 0. The topological polar surface area (TPSA) is 82.2 Å². The Balaban J connectivity index is 1.71. The molecule has 4 aromatic rings. The molecule has 0 bridgehead atoms. The molecule has 3 aromatic carbocycles. The molecule has 25 heavy (non-hydrogen) atoms. The number of carbonyl (C=O) groups excluding carboxylic acids is 2. The maximum absolute atomic E-state index is 12.6. The lowest BCUT2D eigenvalue weighted by Gasteiger charge is -2.08. The second kappa shape index (κ2) is 5.79. The van der Waals surface area contributed by atoms with Gasteiger partial charge in [0.25, 0.3) is 11.7 Å². The Morgan fingerprint density at radius 3 is 2.36 bits per heavy atom. The summed E-state index contributed by atoms with van der Waals surface area (Å²) in [5.41, 5.74) is 1.13. The summed E-state index contributed by atoms with van der Waals surface area (Å²) in [7, 11) is 0. The fourth-order valence-corrected chi connectivity index (χ4v) is 2.98.